The highest BCUT2D eigenvalue weighted by atomic mass is 35.5. The molecule has 0 bridgehead atoms. The van der Waals surface area contributed by atoms with Crippen molar-refractivity contribution in [2.24, 2.45) is 4.99 Å². The number of benzene rings is 2. The summed E-state index contributed by atoms with van der Waals surface area (Å²) in [6, 6.07) is 15.2. The van der Waals surface area contributed by atoms with Crippen molar-refractivity contribution in [3.63, 3.8) is 0 Å². The highest BCUT2D eigenvalue weighted by Gasteiger charge is 2.32. The first-order valence-electron chi connectivity index (χ1n) is 8.17. The van der Waals surface area contributed by atoms with Crippen LogP contribution in [0.2, 0.25) is 4.34 Å². The van der Waals surface area contributed by atoms with Crippen LogP contribution < -0.4 is 4.90 Å². The maximum Gasteiger partial charge on any atom is 0.283 e. The Balaban J connectivity index is 1.67. The monoisotopic (exact) mass is 430 g/mol. The number of amidine groups is 1. The minimum Gasteiger partial charge on any atom is -0.266 e. The molecule has 2 heterocycles. The third-order valence-corrected chi connectivity index (χ3v) is 5.80. The van der Waals surface area contributed by atoms with Gasteiger partial charge in [-0.2, -0.15) is 0 Å². The maximum atomic E-state index is 13.3. The van der Waals surface area contributed by atoms with Crippen LogP contribution in [0.5, 0.6) is 0 Å². The SMILES string of the molecule is O=C1/C(=C/c2ccccc2)N=C(SCc2nnsc2Cl)N1c1ccc(F)cc1. The van der Waals surface area contributed by atoms with E-state index in [0.717, 1.165) is 17.1 Å². The molecule has 0 fully saturated rings. The lowest BCUT2D eigenvalue weighted by Crippen LogP contribution is -2.30. The van der Waals surface area contributed by atoms with Crippen molar-refractivity contribution >= 4 is 57.7 Å². The Labute approximate surface area is 173 Å². The summed E-state index contributed by atoms with van der Waals surface area (Å²) in [7, 11) is 0. The molecule has 1 aromatic heterocycles. The Bertz CT molecular complexity index is 1070. The van der Waals surface area contributed by atoms with Gasteiger partial charge in [0.1, 0.15) is 21.5 Å². The molecule has 0 spiro atoms. The van der Waals surface area contributed by atoms with Gasteiger partial charge in [0.2, 0.25) is 0 Å². The van der Waals surface area contributed by atoms with Gasteiger partial charge < -0.3 is 0 Å². The topological polar surface area (TPSA) is 58.5 Å². The number of halogens is 2. The Hall–Kier alpha value is -2.55. The molecule has 1 amide bonds. The van der Waals surface area contributed by atoms with Crippen molar-refractivity contribution in [1.29, 1.82) is 0 Å². The standard InChI is InChI=1S/C19H12ClFN4OS2/c20-17-16(23-24-28-17)11-27-19-22-15(10-12-4-2-1-3-5-12)18(26)25(19)14-8-6-13(21)7-9-14/h1-10H,11H2/b15-10-. The van der Waals surface area contributed by atoms with Gasteiger partial charge in [-0.15, -0.1) is 5.10 Å². The van der Waals surface area contributed by atoms with Gasteiger partial charge in [0, 0.05) is 17.3 Å². The highest BCUT2D eigenvalue weighted by molar-refractivity contribution is 8.13. The third kappa shape index (κ3) is 3.99. The highest BCUT2D eigenvalue weighted by Crippen LogP contribution is 2.32. The molecule has 5 nitrogen and oxygen atoms in total. The summed E-state index contributed by atoms with van der Waals surface area (Å²) in [4.78, 5) is 19.0. The minimum absolute atomic E-state index is 0.277. The normalized spacial score (nSPS) is 15.4. The summed E-state index contributed by atoms with van der Waals surface area (Å²) in [5.41, 5.74) is 2.34. The third-order valence-electron chi connectivity index (χ3n) is 3.86. The van der Waals surface area contributed by atoms with Crippen molar-refractivity contribution in [2.45, 2.75) is 5.75 Å². The van der Waals surface area contributed by atoms with Gasteiger partial charge in [0.15, 0.2) is 5.17 Å². The molecule has 1 aliphatic rings. The first-order valence-corrected chi connectivity index (χ1v) is 10.3. The van der Waals surface area contributed by atoms with E-state index >= 15 is 0 Å². The molecular weight excluding hydrogens is 419 g/mol. The van der Waals surface area contributed by atoms with Gasteiger partial charge >= 0.3 is 0 Å². The Kier molecular flexibility index (Phi) is 5.52. The van der Waals surface area contributed by atoms with Crippen LogP contribution in [0, 0.1) is 5.82 Å². The fourth-order valence-electron chi connectivity index (χ4n) is 2.53. The van der Waals surface area contributed by atoms with E-state index in [1.54, 1.807) is 18.2 Å². The molecule has 0 aliphatic carbocycles. The average molecular weight is 431 g/mol. The number of carbonyl (C=O) groups excluding carboxylic acids is 1. The number of hydrogen-bond donors (Lipinski definition) is 0. The summed E-state index contributed by atoms with van der Waals surface area (Å²) in [6.45, 7) is 0. The zero-order valence-electron chi connectivity index (χ0n) is 14.3. The van der Waals surface area contributed by atoms with Gasteiger partial charge in [-0.05, 0) is 35.9 Å². The summed E-state index contributed by atoms with van der Waals surface area (Å²) >= 11 is 8.49. The molecule has 0 radical (unpaired) electrons. The number of carbonyl (C=O) groups is 1. The van der Waals surface area contributed by atoms with Gasteiger partial charge in [-0.25, -0.2) is 9.38 Å². The number of anilines is 1. The quantitative estimate of drug-likeness (QED) is 0.546. The number of aromatic nitrogens is 2. The second-order valence-electron chi connectivity index (χ2n) is 5.73. The van der Waals surface area contributed by atoms with E-state index in [0.29, 0.717) is 32.3 Å². The van der Waals surface area contributed by atoms with E-state index in [-0.39, 0.29) is 11.7 Å². The van der Waals surface area contributed by atoms with E-state index in [9.17, 15) is 9.18 Å². The first kappa shape index (κ1) is 18.8. The molecule has 0 saturated heterocycles. The van der Waals surface area contributed by atoms with Crippen LogP contribution in [-0.2, 0) is 10.5 Å². The fourth-order valence-corrected chi connectivity index (χ4v) is 4.28. The Morgan fingerprint density at radius 2 is 1.89 bits per heavy atom. The van der Waals surface area contributed by atoms with E-state index in [1.165, 1.54) is 28.8 Å². The molecular formula is C19H12ClFN4OS2. The van der Waals surface area contributed by atoms with Crippen molar-refractivity contribution in [3.8, 4) is 0 Å². The lowest BCUT2D eigenvalue weighted by Gasteiger charge is -2.17. The van der Waals surface area contributed by atoms with Gasteiger partial charge in [-0.3, -0.25) is 9.69 Å². The van der Waals surface area contributed by atoms with E-state index < -0.39 is 0 Å². The molecule has 9 heteroatoms. The zero-order valence-corrected chi connectivity index (χ0v) is 16.6. The summed E-state index contributed by atoms with van der Waals surface area (Å²) in [6.07, 6.45) is 1.73. The molecule has 0 saturated carbocycles. The predicted molar refractivity (Wildman–Crippen MR) is 112 cm³/mol. The van der Waals surface area contributed by atoms with Gasteiger partial charge in [0.05, 0.1) is 5.69 Å². The number of nitrogens with zero attached hydrogens (tertiary/aromatic N) is 4. The van der Waals surface area contributed by atoms with E-state index in [4.69, 9.17) is 11.6 Å². The van der Waals surface area contributed by atoms with Crippen molar-refractivity contribution in [3.05, 3.63) is 81.7 Å². The number of aliphatic imine (C=N–C) groups is 1. The number of thioether (sulfide) groups is 1. The van der Waals surface area contributed by atoms with Crippen molar-refractivity contribution < 1.29 is 9.18 Å². The number of rotatable bonds is 4. The van der Waals surface area contributed by atoms with Crippen LogP contribution in [0.4, 0.5) is 10.1 Å². The summed E-state index contributed by atoms with van der Waals surface area (Å²) in [5, 5.41) is 4.46. The molecule has 1 aliphatic heterocycles. The molecule has 4 rings (SSSR count). The Morgan fingerprint density at radius 1 is 1.14 bits per heavy atom. The number of hydrogen-bond acceptors (Lipinski definition) is 6. The van der Waals surface area contributed by atoms with E-state index in [1.807, 2.05) is 30.3 Å². The lowest BCUT2D eigenvalue weighted by molar-refractivity contribution is -0.113. The molecule has 28 heavy (non-hydrogen) atoms. The van der Waals surface area contributed by atoms with Gasteiger partial charge in [0.25, 0.3) is 5.91 Å². The minimum atomic E-state index is -0.373. The summed E-state index contributed by atoms with van der Waals surface area (Å²) < 4.78 is 17.6. The van der Waals surface area contributed by atoms with Crippen molar-refractivity contribution in [2.75, 3.05) is 4.90 Å². The van der Waals surface area contributed by atoms with Crippen LogP contribution in [0.15, 0.2) is 65.3 Å². The molecule has 0 N–H and O–H groups in total. The lowest BCUT2D eigenvalue weighted by atomic mass is 10.2. The van der Waals surface area contributed by atoms with Crippen LogP contribution >= 0.6 is 34.9 Å². The van der Waals surface area contributed by atoms with Crippen LogP contribution in [-0.4, -0.2) is 20.7 Å². The second kappa shape index (κ2) is 8.22. The largest absolute Gasteiger partial charge is 0.283 e. The maximum absolute atomic E-state index is 13.3. The van der Waals surface area contributed by atoms with Crippen LogP contribution in [0.3, 0.4) is 0 Å². The number of amides is 1. The van der Waals surface area contributed by atoms with Gasteiger partial charge in [-0.1, -0.05) is 58.2 Å². The Morgan fingerprint density at radius 3 is 2.57 bits per heavy atom. The molecule has 3 aromatic rings. The first-order chi connectivity index (χ1) is 13.6. The van der Waals surface area contributed by atoms with Crippen LogP contribution in [0.1, 0.15) is 11.3 Å². The van der Waals surface area contributed by atoms with E-state index in [2.05, 4.69) is 14.6 Å². The van der Waals surface area contributed by atoms with Crippen LogP contribution in [0.25, 0.3) is 6.08 Å². The molecule has 0 unspecified atom stereocenters. The second-order valence-corrected chi connectivity index (χ2v) is 8.03. The molecule has 0 atom stereocenters. The summed E-state index contributed by atoms with van der Waals surface area (Å²) in [5.74, 6) is -0.236. The fraction of sp³-hybridized carbons (Fsp3) is 0.0526. The molecule has 140 valence electrons. The predicted octanol–water partition coefficient (Wildman–Crippen LogP) is 5.01. The van der Waals surface area contributed by atoms with Crippen molar-refractivity contribution in [1.82, 2.24) is 9.59 Å². The average Bonchev–Trinajstić information content (AvgIpc) is 3.25. The zero-order chi connectivity index (χ0) is 19.5. The molecule has 2 aromatic carbocycles. The smallest absolute Gasteiger partial charge is 0.266 e.